The Kier molecular flexibility index (Phi) is 3.78. The maximum absolute atomic E-state index is 12.8. The number of para-hydroxylation sites is 2. The summed E-state index contributed by atoms with van der Waals surface area (Å²) in [5, 5.41) is 2.80. The van der Waals surface area contributed by atoms with Crippen LogP contribution >= 0.6 is 11.8 Å². The van der Waals surface area contributed by atoms with Crippen molar-refractivity contribution in [3.63, 3.8) is 0 Å². The summed E-state index contributed by atoms with van der Waals surface area (Å²) in [5.74, 6) is 0.460. The van der Waals surface area contributed by atoms with Crippen LogP contribution in [0.2, 0.25) is 0 Å². The van der Waals surface area contributed by atoms with Gasteiger partial charge >= 0.3 is 0 Å². The van der Waals surface area contributed by atoms with Crippen LogP contribution in [0.5, 0.6) is 0 Å². The number of carbonyl (C=O) groups excluding carboxylic acids is 1. The Bertz CT molecular complexity index is 1050. The normalized spacial score (nSPS) is 11.2. The molecule has 24 heavy (non-hydrogen) atoms. The van der Waals surface area contributed by atoms with Crippen LogP contribution in [-0.2, 0) is 0 Å². The molecule has 0 bridgehead atoms. The van der Waals surface area contributed by atoms with Crippen molar-refractivity contribution in [2.45, 2.75) is 11.9 Å². The van der Waals surface area contributed by atoms with E-state index < -0.39 is 0 Å². The molecule has 4 rings (SSSR count). The van der Waals surface area contributed by atoms with Crippen LogP contribution in [0.3, 0.4) is 0 Å². The molecule has 0 aliphatic carbocycles. The highest BCUT2D eigenvalue weighted by Gasteiger charge is 2.16. The molecular formula is C19H15N3OS. The maximum atomic E-state index is 12.8. The molecule has 0 atom stereocenters. The molecule has 118 valence electrons. The molecule has 0 radical (unpaired) electrons. The van der Waals surface area contributed by atoms with Crippen molar-refractivity contribution in [1.82, 2.24) is 15.0 Å². The van der Waals surface area contributed by atoms with Gasteiger partial charge in [0.1, 0.15) is 11.4 Å². The summed E-state index contributed by atoms with van der Waals surface area (Å²) in [4.78, 5) is 24.6. The Labute approximate surface area is 143 Å². The second-order valence-electron chi connectivity index (χ2n) is 5.58. The Balaban J connectivity index is 1.63. The topological polar surface area (TPSA) is 58.6 Å². The van der Waals surface area contributed by atoms with Crippen LogP contribution in [0.4, 0.5) is 0 Å². The maximum Gasteiger partial charge on any atom is 0.175 e. The summed E-state index contributed by atoms with van der Waals surface area (Å²) in [6.45, 7) is 1.94. The number of nitrogens with zero attached hydrogens (tertiary/aromatic N) is 2. The fraction of sp³-hybridized carbons (Fsp3) is 0.105. The minimum absolute atomic E-state index is 0.109. The van der Waals surface area contributed by atoms with Crippen LogP contribution in [0, 0.1) is 6.92 Å². The number of thioether (sulfide) groups is 1. The number of aromatic amines is 1. The summed E-state index contributed by atoms with van der Waals surface area (Å²) in [6.07, 6.45) is 1.55. The van der Waals surface area contributed by atoms with E-state index >= 15 is 0 Å². The molecule has 0 saturated heterocycles. The summed E-state index contributed by atoms with van der Waals surface area (Å²) >= 11 is 1.46. The molecular weight excluding hydrogens is 318 g/mol. The monoisotopic (exact) mass is 333 g/mol. The lowest BCUT2D eigenvalue weighted by atomic mass is 10.1. The Hall–Kier alpha value is -2.66. The molecule has 0 amide bonds. The molecule has 0 aliphatic heterocycles. The van der Waals surface area contributed by atoms with Gasteiger partial charge in [0.15, 0.2) is 5.78 Å². The Morgan fingerprint density at radius 2 is 1.79 bits per heavy atom. The molecule has 0 fully saturated rings. The van der Waals surface area contributed by atoms with Crippen molar-refractivity contribution < 1.29 is 4.79 Å². The Morgan fingerprint density at radius 3 is 2.67 bits per heavy atom. The zero-order valence-electron chi connectivity index (χ0n) is 13.1. The number of benzene rings is 2. The number of H-pyrrole nitrogens is 1. The van der Waals surface area contributed by atoms with E-state index in [0.29, 0.717) is 5.75 Å². The molecule has 4 aromatic rings. The molecule has 1 N–H and O–H groups in total. The highest BCUT2D eigenvalue weighted by Crippen LogP contribution is 2.27. The van der Waals surface area contributed by atoms with E-state index in [9.17, 15) is 4.79 Å². The first-order valence-corrected chi connectivity index (χ1v) is 8.65. The first-order chi connectivity index (χ1) is 11.7. The minimum atomic E-state index is 0.109. The van der Waals surface area contributed by atoms with Crippen molar-refractivity contribution >= 4 is 39.4 Å². The summed E-state index contributed by atoms with van der Waals surface area (Å²) in [6, 6.07) is 15.7. The van der Waals surface area contributed by atoms with Gasteiger partial charge in [0.05, 0.1) is 11.3 Å². The standard InChI is InChI=1S/C19H15N3OS/c1-12-18(13-6-2-5-9-16(13)22-12)17(23)10-24-19-14-7-3-4-8-15(14)20-11-21-19/h2-9,11,22H,10H2,1H3. The van der Waals surface area contributed by atoms with Gasteiger partial charge in [-0.2, -0.15) is 0 Å². The number of Topliss-reactive ketones (excluding diaryl/α,β-unsaturated/α-hetero) is 1. The number of ketones is 1. The van der Waals surface area contributed by atoms with Crippen molar-refractivity contribution in [1.29, 1.82) is 0 Å². The Morgan fingerprint density at radius 1 is 1.04 bits per heavy atom. The number of rotatable bonds is 4. The van der Waals surface area contributed by atoms with Gasteiger partial charge in [0, 0.05) is 27.5 Å². The van der Waals surface area contributed by atoms with E-state index in [1.165, 1.54) is 11.8 Å². The van der Waals surface area contributed by atoms with Gasteiger partial charge in [-0.1, -0.05) is 48.2 Å². The number of nitrogens with one attached hydrogen (secondary N) is 1. The highest BCUT2D eigenvalue weighted by atomic mass is 32.2. The summed E-state index contributed by atoms with van der Waals surface area (Å²) in [7, 11) is 0. The van der Waals surface area contributed by atoms with E-state index in [1.54, 1.807) is 6.33 Å². The third-order valence-corrected chi connectivity index (χ3v) is 5.02. The van der Waals surface area contributed by atoms with E-state index in [2.05, 4.69) is 15.0 Å². The number of hydrogen-bond donors (Lipinski definition) is 1. The average Bonchev–Trinajstić information content (AvgIpc) is 2.95. The number of fused-ring (bicyclic) bond motifs is 2. The smallest absolute Gasteiger partial charge is 0.175 e. The highest BCUT2D eigenvalue weighted by molar-refractivity contribution is 8.00. The first-order valence-electron chi connectivity index (χ1n) is 7.67. The van der Waals surface area contributed by atoms with Gasteiger partial charge in [0.25, 0.3) is 0 Å². The van der Waals surface area contributed by atoms with Crippen molar-refractivity contribution in [3.05, 3.63) is 66.1 Å². The van der Waals surface area contributed by atoms with Crippen molar-refractivity contribution in [2.24, 2.45) is 0 Å². The molecule has 0 saturated carbocycles. The lowest BCUT2D eigenvalue weighted by Gasteiger charge is -2.04. The lowest BCUT2D eigenvalue weighted by Crippen LogP contribution is -2.04. The number of aryl methyl sites for hydroxylation is 1. The molecule has 2 aromatic heterocycles. The largest absolute Gasteiger partial charge is 0.358 e. The fourth-order valence-corrected chi connectivity index (χ4v) is 3.80. The van der Waals surface area contributed by atoms with E-state index in [4.69, 9.17) is 0 Å². The third-order valence-electron chi connectivity index (χ3n) is 4.02. The van der Waals surface area contributed by atoms with E-state index in [-0.39, 0.29) is 5.78 Å². The minimum Gasteiger partial charge on any atom is -0.358 e. The van der Waals surface area contributed by atoms with Gasteiger partial charge in [-0.15, -0.1) is 0 Å². The van der Waals surface area contributed by atoms with Gasteiger partial charge in [-0.25, -0.2) is 9.97 Å². The van der Waals surface area contributed by atoms with Gasteiger partial charge in [-0.05, 0) is 19.1 Å². The quantitative estimate of drug-likeness (QED) is 0.342. The zero-order chi connectivity index (χ0) is 16.5. The average molecular weight is 333 g/mol. The van der Waals surface area contributed by atoms with Crippen molar-refractivity contribution in [2.75, 3.05) is 5.75 Å². The zero-order valence-corrected chi connectivity index (χ0v) is 13.9. The molecule has 4 nitrogen and oxygen atoms in total. The number of hydrogen-bond acceptors (Lipinski definition) is 4. The van der Waals surface area contributed by atoms with Crippen LogP contribution < -0.4 is 0 Å². The third kappa shape index (κ3) is 2.57. The molecule has 2 aromatic carbocycles. The van der Waals surface area contributed by atoms with Crippen LogP contribution in [0.1, 0.15) is 16.1 Å². The van der Waals surface area contributed by atoms with Crippen LogP contribution in [-0.4, -0.2) is 26.5 Å². The van der Waals surface area contributed by atoms with Crippen LogP contribution in [0.15, 0.2) is 59.9 Å². The predicted molar refractivity (Wildman–Crippen MR) is 97.6 cm³/mol. The molecule has 5 heteroatoms. The van der Waals surface area contributed by atoms with E-state index in [1.807, 2.05) is 55.5 Å². The van der Waals surface area contributed by atoms with Gasteiger partial charge < -0.3 is 4.98 Å². The molecule has 2 heterocycles. The summed E-state index contributed by atoms with van der Waals surface area (Å²) in [5.41, 5.74) is 3.58. The molecule has 0 unspecified atom stereocenters. The predicted octanol–water partition coefficient (Wildman–Crippen LogP) is 4.39. The van der Waals surface area contributed by atoms with Crippen molar-refractivity contribution in [3.8, 4) is 0 Å². The van der Waals surface area contributed by atoms with Gasteiger partial charge in [-0.3, -0.25) is 4.79 Å². The number of aromatic nitrogens is 3. The molecule has 0 spiro atoms. The van der Waals surface area contributed by atoms with Crippen LogP contribution in [0.25, 0.3) is 21.8 Å². The second kappa shape index (κ2) is 6.09. The van der Waals surface area contributed by atoms with E-state index in [0.717, 1.165) is 38.1 Å². The second-order valence-corrected chi connectivity index (χ2v) is 6.54. The first kappa shape index (κ1) is 14.9. The molecule has 0 aliphatic rings. The van der Waals surface area contributed by atoms with Gasteiger partial charge in [0.2, 0.25) is 0 Å². The number of carbonyl (C=O) groups is 1. The fourth-order valence-electron chi connectivity index (χ4n) is 2.94. The SMILES string of the molecule is Cc1[nH]c2ccccc2c1C(=O)CSc1ncnc2ccccc12. The lowest BCUT2D eigenvalue weighted by molar-refractivity contribution is 0.102. The summed E-state index contributed by atoms with van der Waals surface area (Å²) < 4.78 is 0.